The molecule has 0 radical (unpaired) electrons. The quantitative estimate of drug-likeness (QED) is 0.549. The predicted molar refractivity (Wildman–Crippen MR) is 108 cm³/mol. The number of aryl methyl sites for hydroxylation is 1. The van der Waals surface area contributed by atoms with E-state index in [0.717, 1.165) is 22.7 Å². The second-order valence-electron chi connectivity index (χ2n) is 6.90. The molecule has 2 nitrogen and oxygen atoms in total. The molecule has 1 atom stereocenters. The SMILES string of the molecule is CC(=O)Cc1cc(-c2cc3c(s2)CCCC3c2ccc(Cl)cc2)ccn1. The number of halogens is 1. The van der Waals surface area contributed by atoms with Crippen LogP contribution in [0.5, 0.6) is 0 Å². The number of thiophene rings is 1. The molecule has 4 rings (SSSR count). The van der Waals surface area contributed by atoms with Crippen LogP contribution in [0, 0.1) is 0 Å². The molecule has 0 amide bonds. The lowest BCUT2D eigenvalue weighted by Gasteiger charge is -2.22. The fourth-order valence-electron chi connectivity index (χ4n) is 3.72. The van der Waals surface area contributed by atoms with Crippen LogP contribution in [0.25, 0.3) is 10.4 Å². The predicted octanol–water partition coefficient (Wildman–Crippen LogP) is 6.06. The number of Topliss-reactive ketones (excluding diaryl/α,β-unsaturated/α-hetero) is 1. The van der Waals surface area contributed by atoms with Gasteiger partial charge in [0.05, 0.1) is 0 Å². The van der Waals surface area contributed by atoms with Crippen LogP contribution in [0.3, 0.4) is 0 Å². The number of pyridine rings is 1. The van der Waals surface area contributed by atoms with E-state index in [4.69, 9.17) is 11.6 Å². The first-order valence-corrected chi connectivity index (χ1v) is 10.1. The molecule has 0 bridgehead atoms. The number of ketones is 1. The summed E-state index contributed by atoms with van der Waals surface area (Å²) >= 11 is 7.94. The third-order valence-corrected chi connectivity index (χ3v) is 6.43. The lowest BCUT2D eigenvalue weighted by Crippen LogP contribution is -2.08. The van der Waals surface area contributed by atoms with Crippen LogP contribution in [0.2, 0.25) is 5.02 Å². The van der Waals surface area contributed by atoms with Gasteiger partial charge in [-0.15, -0.1) is 11.3 Å². The molecule has 1 aromatic carbocycles. The van der Waals surface area contributed by atoms with Gasteiger partial charge in [-0.05, 0) is 73.2 Å². The van der Waals surface area contributed by atoms with E-state index >= 15 is 0 Å². The van der Waals surface area contributed by atoms with Crippen LogP contribution >= 0.6 is 22.9 Å². The van der Waals surface area contributed by atoms with Gasteiger partial charge in [0.1, 0.15) is 5.78 Å². The van der Waals surface area contributed by atoms with Crippen LogP contribution < -0.4 is 0 Å². The zero-order chi connectivity index (χ0) is 18.1. The molecule has 1 aliphatic carbocycles. The van der Waals surface area contributed by atoms with Gasteiger partial charge >= 0.3 is 0 Å². The van der Waals surface area contributed by atoms with Crippen LogP contribution in [-0.4, -0.2) is 10.8 Å². The Labute approximate surface area is 162 Å². The second kappa shape index (κ2) is 7.34. The largest absolute Gasteiger partial charge is 0.300 e. The molecule has 4 heteroatoms. The minimum Gasteiger partial charge on any atom is -0.300 e. The first-order valence-electron chi connectivity index (χ1n) is 8.93. The van der Waals surface area contributed by atoms with Crippen molar-refractivity contribution in [2.45, 2.75) is 38.5 Å². The number of hydrogen-bond donors (Lipinski definition) is 0. The summed E-state index contributed by atoms with van der Waals surface area (Å²) in [6.07, 6.45) is 5.74. The summed E-state index contributed by atoms with van der Waals surface area (Å²) in [5.41, 5.74) is 4.79. The van der Waals surface area contributed by atoms with Crippen molar-refractivity contribution in [1.82, 2.24) is 4.98 Å². The van der Waals surface area contributed by atoms with E-state index in [9.17, 15) is 4.79 Å². The average Bonchev–Trinajstić information content (AvgIpc) is 3.06. The highest BCUT2D eigenvalue weighted by Crippen LogP contribution is 2.43. The summed E-state index contributed by atoms with van der Waals surface area (Å²) in [6, 6.07) is 14.7. The maximum Gasteiger partial charge on any atom is 0.135 e. The summed E-state index contributed by atoms with van der Waals surface area (Å²) in [6.45, 7) is 1.61. The molecular formula is C22H20ClNOS. The average molecular weight is 382 g/mol. The van der Waals surface area contributed by atoms with E-state index in [2.05, 4.69) is 29.2 Å². The van der Waals surface area contributed by atoms with Crippen molar-refractivity contribution >= 4 is 28.7 Å². The van der Waals surface area contributed by atoms with Crippen molar-refractivity contribution in [3.05, 3.63) is 75.4 Å². The van der Waals surface area contributed by atoms with Crippen LogP contribution in [0.1, 0.15) is 47.4 Å². The van der Waals surface area contributed by atoms with Gasteiger partial charge in [0.2, 0.25) is 0 Å². The lowest BCUT2D eigenvalue weighted by atomic mass is 9.82. The maximum absolute atomic E-state index is 11.4. The summed E-state index contributed by atoms with van der Waals surface area (Å²) < 4.78 is 0. The highest BCUT2D eigenvalue weighted by atomic mass is 35.5. The number of fused-ring (bicyclic) bond motifs is 1. The molecule has 0 saturated carbocycles. The monoisotopic (exact) mass is 381 g/mol. The van der Waals surface area contributed by atoms with E-state index in [1.807, 2.05) is 35.7 Å². The van der Waals surface area contributed by atoms with Gasteiger partial charge in [-0.2, -0.15) is 0 Å². The van der Waals surface area contributed by atoms with Crippen molar-refractivity contribution in [3.63, 3.8) is 0 Å². The molecule has 0 saturated heterocycles. The van der Waals surface area contributed by atoms with Crippen molar-refractivity contribution in [2.75, 3.05) is 0 Å². The Morgan fingerprint density at radius 2 is 2.04 bits per heavy atom. The van der Waals surface area contributed by atoms with Crippen molar-refractivity contribution in [2.24, 2.45) is 0 Å². The van der Waals surface area contributed by atoms with Crippen LogP contribution in [-0.2, 0) is 17.6 Å². The van der Waals surface area contributed by atoms with E-state index in [1.165, 1.54) is 33.7 Å². The van der Waals surface area contributed by atoms with E-state index in [1.54, 1.807) is 6.92 Å². The van der Waals surface area contributed by atoms with Gasteiger partial charge in [-0.1, -0.05) is 23.7 Å². The number of aromatic nitrogens is 1. The molecule has 2 aromatic heterocycles. The molecule has 0 fully saturated rings. The molecule has 1 aliphatic rings. The minimum absolute atomic E-state index is 0.142. The van der Waals surface area contributed by atoms with E-state index in [-0.39, 0.29) is 5.78 Å². The molecule has 0 N–H and O–H groups in total. The van der Waals surface area contributed by atoms with Crippen molar-refractivity contribution in [1.29, 1.82) is 0 Å². The third-order valence-electron chi connectivity index (χ3n) is 4.92. The van der Waals surface area contributed by atoms with Crippen molar-refractivity contribution < 1.29 is 4.79 Å². The van der Waals surface area contributed by atoms with Gasteiger partial charge in [-0.3, -0.25) is 9.78 Å². The molecule has 2 heterocycles. The van der Waals surface area contributed by atoms with Gasteiger partial charge in [0.25, 0.3) is 0 Å². The molecular weight excluding hydrogens is 362 g/mol. The number of rotatable bonds is 4. The van der Waals surface area contributed by atoms with Crippen molar-refractivity contribution in [3.8, 4) is 10.4 Å². The Morgan fingerprint density at radius 3 is 2.81 bits per heavy atom. The fourth-order valence-corrected chi connectivity index (χ4v) is 5.11. The molecule has 3 aromatic rings. The highest BCUT2D eigenvalue weighted by molar-refractivity contribution is 7.15. The Morgan fingerprint density at radius 1 is 1.23 bits per heavy atom. The number of hydrogen-bond acceptors (Lipinski definition) is 3. The lowest BCUT2D eigenvalue weighted by molar-refractivity contribution is -0.116. The molecule has 132 valence electrons. The number of carbonyl (C=O) groups is 1. The summed E-state index contributed by atoms with van der Waals surface area (Å²) in [5.74, 6) is 0.586. The standard InChI is InChI=1S/C22H20ClNOS/c1-14(25)11-18-12-16(9-10-24-18)22-13-20-19(3-2-4-21(20)26-22)15-5-7-17(23)8-6-15/h5-10,12-13,19H,2-4,11H2,1H3. The topological polar surface area (TPSA) is 30.0 Å². The first-order chi connectivity index (χ1) is 12.6. The maximum atomic E-state index is 11.4. The first kappa shape index (κ1) is 17.4. The Balaban J connectivity index is 1.69. The van der Waals surface area contributed by atoms with E-state index < -0.39 is 0 Å². The number of carbonyl (C=O) groups excluding carboxylic acids is 1. The smallest absolute Gasteiger partial charge is 0.135 e. The summed E-state index contributed by atoms with van der Waals surface area (Å²) in [4.78, 5) is 18.5. The van der Waals surface area contributed by atoms with Crippen LogP contribution in [0.15, 0.2) is 48.7 Å². The van der Waals surface area contributed by atoms with Gasteiger partial charge in [0.15, 0.2) is 0 Å². The number of benzene rings is 1. The van der Waals surface area contributed by atoms with Gasteiger partial charge < -0.3 is 0 Å². The second-order valence-corrected chi connectivity index (χ2v) is 8.47. The fraction of sp³-hybridized carbons (Fsp3) is 0.273. The Bertz CT molecular complexity index is 945. The zero-order valence-electron chi connectivity index (χ0n) is 14.7. The minimum atomic E-state index is 0.142. The Kier molecular flexibility index (Phi) is 4.92. The number of nitrogens with zero attached hydrogens (tertiary/aromatic N) is 1. The molecule has 0 aliphatic heterocycles. The van der Waals surface area contributed by atoms with Gasteiger partial charge in [0, 0.05) is 39.0 Å². The van der Waals surface area contributed by atoms with E-state index in [0.29, 0.717) is 12.3 Å². The molecule has 0 spiro atoms. The van der Waals surface area contributed by atoms with Gasteiger partial charge in [-0.25, -0.2) is 0 Å². The van der Waals surface area contributed by atoms with Crippen LogP contribution in [0.4, 0.5) is 0 Å². The normalized spacial score (nSPS) is 16.3. The molecule has 1 unspecified atom stereocenters. The Hall–Kier alpha value is -1.97. The zero-order valence-corrected chi connectivity index (χ0v) is 16.2. The third kappa shape index (κ3) is 3.60. The molecule has 26 heavy (non-hydrogen) atoms. The summed E-state index contributed by atoms with van der Waals surface area (Å²) in [5, 5.41) is 0.783. The summed E-state index contributed by atoms with van der Waals surface area (Å²) in [7, 11) is 0. The highest BCUT2D eigenvalue weighted by Gasteiger charge is 2.24.